The van der Waals surface area contributed by atoms with Crippen LogP contribution in [0.3, 0.4) is 0 Å². The van der Waals surface area contributed by atoms with Crippen LogP contribution in [-0.4, -0.2) is 491 Å². The predicted molar refractivity (Wildman–Crippen MR) is 322 cm³/mol. The maximum Gasteiger partial charge on any atom is 0.217 e. The second kappa shape index (κ2) is 39.3. The molecule has 0 spiro atoms. The summed E-state index contributed by atoms with van der Waals surface area (Å²) in [4.78, 5) is 24.9. The summed E-state index contributed by atoms with van der Waals surface area (Å²) in [5, 5.41) is 311. The van der Waals surface area contributed by atoms with E-state index in [1.54, 1.807) is 0 Å². The summed E-state index contributed by atoms with van der Waals surface area (Å²) in [5.74, 6) is -1.79. The molecular formula is C58H100N2O46. The first-order chi connectivity index (χ1) is 50.1. The molecule has 0 aromatic carbocycles. The Hall–Kier alpha value is -2.82. The summed E-state index contributed by atoms with van der Waals surface area (Å²) in [6.45, 7) is -9.14. The van der Waals surface area contributed by atoms with Gasteiger partial charge in [0.05, 0.1) is 72.1 Å². The molecule has 0 saturated carbocycles. The summed E-state index contributed by atoms with van der Waals surface area (Å²) < 4.78 is 93.1. The van der Waals surface area contributed by atoms with E-state index in [0.717, 1.165) is 13.8 Å². The van der Waals surface area contributed by atoms with Gasteiger partial charge in [0.15, 0.2) is 50.3 Å². The van der Waals surface area contributed by atoms with Crippen molar-refractivity contribution in [3.05, 3.63) is 0 Å². The Kier molecular flexibility index (Phi) is 32.9. The number of aliphatic hydroxyl groups is 28. The molecule has 48 nitrogen and oxygen atoms in total. The normalized spacial score (nSPS) is 48.0. The molecule has 8 rings (SSSR count). The van der Waals surface area contributed by atoms with Gasteiger partial charge in [-0.3, -0.25) is 9.59 Å². The summed E-state index contributed by atoms with van der Waals surface area (Å²) in [6, 6.07) is -3.62. The van der Waals surface area contributed by atoms with Gasteiger partial charge in [-0.2, -0.15) is 0 Å². The van der Waals surface area contributed by atoms with Crippen molar-refractivity contribution in [2.75, 3.05) is 66.1 Å². The summed E-state index contributed by atoms with van der Waals surface area (Å²) in [5.41, 5.74) is 0. The van der Waals surface area contributed by atoms with Crippen LogP contribution >= 0.6 is 0 Å². The highest BCUT2D eigenvalue weighted by atomic mass is 16.8. The van der Waals surface area contributed by atoms with Gasteiger partial charge in [0.1, 0.15) is 214 Å². The number of carbonyl (C=O) groups excluding carboxylic acids is 2. The second-order valence-electron chi connectivity index (χ2n) is 26.5. The summed E-state index contributed by atoms with van der Waals surface area (Å²) >= 11 is 0. The molecular weight excluding hydrogens is 1460 g/mol. The largest absolute Gasteiger partial charge is 0.394 e. The zero-order chi connectivity index (χ0) is 78.4. The van der Waals surface area contributed by atoms with Crippen LogP contribution in [0.25, 0.3) is 0 Å². The van der Waals surface area contributed by atoms with E-state index in [4.69, 9.17) is 75.8 Å². The maximum absolute atomic E-state index is 12.9. The third-order valence-corrected chi connectivity index (χ3v) is 19.2. The lowest BCUT2D eigenvalue weighted by Gasteiger charge is -2.50. The Morgan fingerprint density at radius 3 is 1.03 bits per heavy atom. The minimum Gasteiger partial charge on any atom is -0.394 e. The monoisotopic (exact) mass is 1560 g/mol. The van der Waals surface area contributed by atoms with E-state index in [1.165, 1.54) is 0 Å². The SMILES string of the molecule is CC(=O)N[C@H]1[C@H](O[C@@H]([C@H](O)[C@H](CO)NC(C)=O)[C@H](O)CO)O[C@H](CO)[C@@H](O[C@@H]2O[C@H](CO[C@H]3O[C@H](CO[C@H]4O[C@H](CO)[C@@H](O)[C@H](O)[C@@H]4O)[C@@H](O)[C@H](O[C@H]4O[C@H](CO)[C@@H](O)[C@H](O)[C@@H]4O[C@H]4O[C@H](CO)[C@@H](O)[C@H](O)[C@@H]4O)[C@@H]3O)[C@@H](O)[C@H](O[C@H]3O[C@H](CO)[C@@H](O)[C@H](O)[C@@H]3O[C@H]3O[C@H](CO)[C@@H](O)[C@H](O)[C@@H]3O)[C@@H]2O)[C@@H]1O. The quantitative estimate of drug-likeness (QED) is 0.0306. The number of amides is 2. The molecule has 8 aliphatic heterocycles. The van der Waals surface area contributed by atoms with Crippen molar-refractivity contribution in [2.45, 2.75) is 284 Å². The van der Waals surface area contributed by atoms with E-state index in [0.29, 0.717) is 0 Å². The molecule has 618 valence electrons. The average molecular weight is 1560 g/mol. The fourth-order valence-electron chi connectivity index (χ4n) is 13.1. The number of nitrogens with one attached hydrogen (secondary N) is 2. The highest BCUT2D eigenvalue weighted by molar-refractivity contribution is 5.73. The molecule has 8 aliphatic rings. The number of rotatable bonds is 31. The molecule has 2 amide bonds. The molecule has 44 atom stereocenters. The molecule has 106 heavy (non-hydrogen) atoms. The molecule has 8 heterocycles. The van der Waals surface area contributed by atoms with E-state index >= 15 is 0 Å². The number of aliphatic hydroxyl groups excluding tert-OH is 28. The highest BCUT2D eigenvalue weighted by Gasteiger charge is 2.60. The van der Waals surface area contributed by atoms with Crippen molar-refractivity contribution in [3.8, 4) is 0 Å². The lowest BCUT2D eigenvalue weighted by Crippen LogP contribution is -2.69. The van der Waals surface area contributed by atoms with Crippen LogP contribution in [0.5, 0.6) is 0 Å². The first kappa shape index (κ1) is 88.7. The van der Waals surface area contributed by atoms with E-state index in [2.05, 4.69) is 10.6 Å². The Morgan fingerprint density at radius 2 is 0.642 bits per heavy atom. The smallest absolute Gasteiger partial charge is 0.217 e. The van der Waals surface area contributed by atoms with Crippen LogP contribution in [0.4, 0.5) is 0 Å². The third kappa shape index (κ3) is 19.7. The van der Waals surface area contributed by atoms with Gasteiger partial charge in [0.25, 0.3) is 0 Å². The first-order valence-electron chi connectivity index (χ1n) is 33.6. The van der Waals surface area contributed by atoms with Gasteiger partial charge in [-0.05, 0) is 0 Å². The van der Waals surface area contributed by atoms with Crippen molar-refractivity contribution in [2.24, 2.45) is 0 Å². The van der Waals surface area contributed by atoms with Crippen molar-refractivity contribution >= 4 is 11.8 Å². The van der Waals surface area contributed by atoms with Crippen LogP contribution in [0, 0.1) is 0 Å². The molecule has 0 aromatic rings. The van der Waals surface area contributed by atoms with Crippen molar-refractivity contribution in [1.29, 1.82) is 0 Å². The van der Waals surface area contributed by atoms with Gasteiger partial charge in [-0.15, -0.1) is 0 Å². The van der Waals surface area contributed by atoms with Gasteiger partial charge >= 0.3 is 0 Å². The average Bonchev–Trinajstić information content (AvgIpc) is 0.778. The minimum atomic E-state index is -2.57. The fraction of sp³-hybridized carbons (Fsp3) is 0.966. The van der Waals surface area contributed by atoms with Crippen molar-refractivity contribution in [3.63, 3.8) is 0 Å². The Balaban J connectivity index is 1.16. The number of hydrogen-bond donors (Lipinski definition) is 30. The van der Waals surface area contributed by atoms with Gasteiger partial charge in [0, 0.05) is 13.8 Å². The van der Waals surface area contributed by atoms with Gasteiger partial charge in [0.2, 0.25) is 11.8 Å². The lowest BCUT2D eigenvalue weighted by molar-refractivity contribution is -0.400. The Labute approximate surface area is 599 Å². The molecule has 8 saturated heterocycles. The Bertz CT molecular complexity index is 2660. The van der Waals surface area contributed by atoms with Crippen molar-refractivity contribution < 1.29 is 228 Å². The molecule has 8 fully saturated rings. The zero-order valence-corrected chi connectivity index (χ0v) is 56.3. The second-order valence-corrected chi connectivity index (χ2v) is 26.5. The number of hydrogen-bond acceptors (Lipinski definition) is 46. The molecule has 0 aliphatic carbocycles. The zero-order valence-electron chi connectivity index (χ0n) is 56.3. The Morgan fingerprint density at radius 1 is 0.321 bits per heavy atom. The lowest BCUT2D eigenvalue weighted by atomic mass is 9.94. The first-order valence-corrected chi connectivity index (χ1v) is 33.6. The molecule has 0 unspecified atom stereocenters. The number of carbonyl (C=O) groups is 2. The van der Waals surface area contributed by atoms with E-state index in [1.807, 2.05) is 0 Å². The van der Waals surface area contributed by atoms with Crippen LogP contribution in [0.15, 0.2) is 0 Å². The maximum atomic E-state index is 12.9. The van der Waals surface area contributed by atoms with Crippen LogP contribution in [0.1, 0.15) is 13.8 Å². The van der Waals surface area contributed by atoms with Crippen LogP contribution < -0.4 is 10.6 Å². The van der Waals surface area contributed by atoms with Crippen LogP contribution in [0.2, 0.25) is 0 Å². The van der Waals surface area contributed by atoms with Crippen molar-refractivity contribution in [1.82, 2.24) is 10.6 Å². The molecule has 48 heteroatoms. The molecule has 0 aromatic heterocycles. The number of ether oxygens (including phenoxy) is 16. The van der Waals surface area contributed by atoms with E-state index in [9.17, 15) is 153 Å². The van der Waals surface area contributed by atoms with E-state index < -0.39 is 348 Å². The predicted octanol–water partition coefficient (Wildman–Crippen LogP) is -20.7. The van der Waals surface area contributed by atoms with Gasteiger partial charge in [-0.25, -0.2) is 0 Å². The molecule has 30 N–H and O–H groups in total. The summed E-state index contributed by atoms with van der Waals surface area (Å²) in [6.07, 6.45) is -90.4. The van der Waals surface area contributed by atoms with Gasteiger partial charge < -0.3 is 229 Å². The molecule has 0 bridgehead atoms. The minimum absolute atomic E-state index is 0.810. The highest BCUT2D eigenvalue weighted by Crippen LogP contribution is 2.39. The fourth-order valence-corrected chi connectivity index (χ4v) is 13.1. The third-order valence-electron chi connectivity index (χ3n) is 19.2. The standard InChI is InChI=1S/C58H100N2O46/c1-13(69)59-15(3-61)26(72)45(16(71)4-62)101-51-25(60-14(2)70)34(80)46(22(10-68)98-51)102-56-44(90)48(104-58-50(39(85)31(77)21(9-67)97-58)106-55-42(88)37(83)29(75)19(7-65)95-55)33(79)24(100-56)12-92-53-43(89)47(32(78)23(99-53)11-91-52-40(86)35(81)27(73)17(5-63)93-52)103-57-49(38(84)30(76)20(8-66)96-57)105-54-41(87)36(82)28(74)18(6-64)94-54/h15-58,61-68,71-90H,3-12H2,1-2H3,(H,59,69)(H,60,70)/t15-,16+,17+,18+,19+,20+,21+,22+,23+,24+,25+,26+,27+,28+,29+,30+,31+,32+,33+,34+,35-,36-,37-,38-,39-,40-,41-,42-,43-,44-,45+,46+,47-,48-,49-,50-,51-,52-,53-,54+,55+,56-,57+,58+/m0/s1. The molecule has 0 radical (unpaired) electrons. The topological polar surface area (TPSA) is 772 Å². The van der Waals surface area contributed by atoms with E-state index in [-0.39, 0.29) is 0 Å². The van der Waals surface area contributed by atoms with Gasteiger partial charge in [-0.1, -0.05) is 0 Å². The van der Waals surface area contributed by atoms with Crippen LogP contribution in [-0.2, 0) is 85.4 Å². The summed E-state index contributed by atoms with van der Waals surface area (Å²) in [7, 11) is 0.